The molecule has 2 aromatic rings. The molecule has 2 saturated heterocycles. The van der Waals surface area contributed by atoms with Gasteiger partial charge in [0.2, 0.25) is 6.79 Å². The topological polar surface area (TPSA) is 88.5 Å². The van der Waals surface area contributed by atoms with Crippen molar-refractivity contribution in [1.82, 2.24) is 9.80 Å². The van der Waals surface area contributed by atoms with Crippen LogP contribution < -0.4 is 9.47 Å². The van der Waals surface area contributed by atoms with Gasteiger partial charge in [-0.3, -0.25) is 14.5 Å². The van der Waals surface area contributed by atoms with Crippen LogP contribution in [0.2, 0.25) is 0 Å². The van der Waals surface area contributed by atoms with Crippen molar-refractivity contribution in [2.24, 2.45) is 0 Å². The zero-order valence-electron chi connectivity index (χ0n) is 20.7. The summed E-state index contributed by atoms with van der Waals surface area (Å²) in [4.78, 5) is 30.4. The summed E-state index contributed by atoms with van der Waals surface area (Å²) in [5.41, 5.74) is 2.47. The van der Waals surface area contributed by atoms with Crippen molar-refractivity contribution in [3.63, 3.8) is 0 Å². The SMILES string of the molecule is CC(C)c1ccc([C@@H]2C(=C(O)c3ccc4c(c3)OCO4)C(=O)C(=O)N2CCCN2CCOCC2)cc1. The minimum Gasteiger partial charge on any atom is -0.507 e. The molecule has 8 nitrogen and oxygen atoms in total. The highest BCUT2D eigenvalue weighted by molar-refractivity contribution is 6.46. The Morgan fingerprint density at radius 3 is 2.44 bits per heavy atom. The molecule has 0 aromatic heterocycles. The maximum absolute atomic E-state index is 13.3. The Balaban J connectivity index is 1.48. The smallest absolute Gasteiger partial charge is 0.295 e. The fourth-order valence-corrected chi connectivity index (χ4v) is 5.01. The molecule has 1 amide bonds. The van der Waals surface area contributed by atoms with Crippen LogP contribution in [-0.4, -0.2) is 72.8 Å². The van der Waals surface area contributed by atoms with Crippen LogP contribution in [0.5, 0.6) is 11.5 Å². The molecule has 0 unspecified atom stereocenters. The standard InChI is InChI=1S/C28H32N2O6/c1-18(2)19-4-6-20(7-5-19)25-24(26(31)21-8-9-22-23(16-21)36-17-35-22)27(32)28(33)30(25)11-3-10-29-12-14-34-15-13-29/h4-9,16,18,25,31H,3,10-15,17H2,1-2H3/t25-/m1/s1. The Hall–Kier alpha value is -3.36. The Kier molecular flexibility index (Phi) is 6.98. The number of ether oxygens (including phenoxy) is 3. The molecule has 3 aliphatic rings. The quantitative estimate of drug-likeness (QED) is 0.358. The Morgan fingerprint density at radius 2 is 1.72 bits per heavy atom. The third kappa shape index (κ3) is 4.70. The first-order chi connectivity index (χ1) is 17.4. The van der Waals surface area contributed by atoms with Gasteiger partial charge in [-0.15, -0.1) is 0 Å². The number of aliphatic hydroxyl groups is 1. The number of rotatable bonds is 7. The van der Waals surface area contributed by atoms with Crippen LogP contribution in [0.4, 0.5) is 0 Å². The summed E-state index contributed by atoms with van der Waals surface area (Å²) in [6.45, 7) is 8.72. The van der Waals surface area contributed by atoms with Crippen molar-refractivity contribution in [3.8, 4) is 11.5 Å². The summed E-state index contributed by atoms with van der Waals surface area (Å²) >= 11 is 0. The predicted octanol–water partition coefficient (Wildman–Crippen LogP) is 3.68. The summed E-state index contributed by atoms with van der Waals surface area (Å²) < 4.78 is 16.2. The van der Waals surface area contributed by atoms with E-state index in [1.807, 2.05) is 24.3 Å². The zero-order chi connectivity index (χ0) is 25.2. The van der Waals surface area contributed by atoms with Crippen LogP contribution in [0.15, 0.2) is 48.0 Å². The van der Waals surface area contributed by atoms with Crippen molar-refractivity contribution >= 4 is 17.4 Å². The third-order valence-corrected chi connectivity index (χ3v) is 7.08. The summed E-state index contributed by atoms with van der Waals surface area (Å²) in [6, 6.07) is 12.3. The van der Waals surface area contributed by atoms with E-state index in [-0.39, 0.29) is 18.1 Å². The van der Waals surface area contributed by atoms with Gasteiger partial charge in [0.1, 0.15) is 5.76 Å². The van der Waals surface area contributed by atoms with Gasteiger partial charge >= 0.3 is 0 Å². The number of hydrogen-bond donors (Lipinski definition) is 1. The Morgan fingerprint density at radius 1 is 1.00 bits per heavy atom. The number of aliphatic hydroxyl groups excluding tert-OH is 1. The molecule has 0 saturated carbocycles. The van der Waals surface area contributed by atoms with Crippen LogP contribution in [0.3, 0.4) is 0 Å². The number of fused-ring (bicyclic) bond motifs is 1. The van der Waals surface area contributed by atoms with Gasteiger partial charge < -0.3 is 24.2 Å². The molecule has 36 heavy (non-hydrogen) atoms. The maximum Gasteiger partial charge on any atom is 0.295 e. The predicted molar refractivity (Wildman–Crippen MR) is 134 cm³/mol. The van der Waals surface area contributed by atoms with Gasteiger partial charge in [-0.2, -0.15) is 0 Å². The molecule has 1 atom stereocenters. The van der Waals surface area contributed by atoms with E-state index < -0.39 is 17.7 Å². The molecule has 0 bridgehead atoms. The largest absolute Gasteiger partial charge is 0.507 e. The third-order valence-electron chi connectivity index (χ3n) is 7.08. The van der Waals surface area contributed by atoms with Gasteiger partial charge in [0.15, 0.2) is 11.5 Å². The van der Waals surface area contributed by atoms with Gasteiger partial charge in [0.05, 0.1) is 24.8 Å². The highest BCUT2D eigenvalue weighted by atomic mass is 16.7. The highest BCUT2D eigenvalue weighted by Crippen LogP contribution is 2.41. The van der Waals surface area contributed by atoms with Crippen molar-refractivity contribution in [2.75, 3.05) is 46.2 Å². The molecule has 0 radical (unpaired) electrons. The van der Waals surface area contributed by atoms with Gasteiger partial charge in [-0.05, 0) is 41.7 Å². The average molecular weight is 493 g/mol. The van der Waals surface area contributed by atoms with Gasteiger partial charge in [-0.25, -0.2) is 0 Å². The molecule has 190 valence electrons. The summed E-state index contributed by atoms with van der Waals surface area (Å²) in [5.74, 6) is -0.0351. The van der Waals surface area contributed by atoms with E-state index in [4.69, 9.17) is 14.2 Å². The van der Waals surface area contributed by atoms with Crippen LogP contribution in [0, 0.1) is 0 Å². The number of carbonyl (C=O) groups excluding carboxylic acids is 2. The molecule has 0 spiro atoms. The lowest BCUT2D eigenvalue weighted by Gasteiger charge is -2.29. The van der Waals surface area contributed by atoms with Crippen molar-refractivity contribution < 1.29 is 28.9 Å². The van der Waals surface area contributed by atoms with Gasteiger partial charge in [0.25, 0.3) is 11.7 Å². The summed E-state index contributed by atoms with van der Waals surface area (Å²) in [6.07, 6.45) is 0.720. The molecule has 2 fully saturated rings. The lowest BCUT2D eigenvalue weighted by molar-refractivity contribution is -0.140. The van der Waals surface area contributed by atoms with E-state index in [9.17, 15) is 14.7 Å². The van der Waals surface area contributed by atoms with Crippen molar-refractivity contribution in [3.05, 3.63) is 64.7 Å². The summed E-state index contributed by atoms with van der Waals surface area (Å²) in [7, 11) is 0. The van der Waals surface area contributed by atoms with Crippen LogP contribution in [0.25, 0.3) is 5.76 Å². The van der Waals surface area contributed by atoms with E-state index in [1.165, 1.54) is 5.56 Å². The lowest BCUT2D eigenvalue weighted by Crippen LogP contribution is -2.38. The second-order valence-corrected chi connectivity index (χ2v) is 9.69. The molecule has 3 aliphatic heterocycles. The van der Waals surface area contributed by atoms with E-state index in [0.717, 1.165) is 31.6 Å². The van der Waals surface area contributed by atoms with Crippen LogP contribution in [-0.2, 0) is 14.3 Å². The number of hydrogen-bond acceptors (Lipinski definition) is 7. The molecule has 8 heteroatoms. The van der Waals surface area contributed by atoms with Crippen LogP contribution >= 0.6 is 0 Å². The molecular weight excluding hydrogens is 460 g/mol. The second-order valence-electron chi connectivity index (χ2n) is 9.69. The first-order valence-corrected chi connectivity index (χ1v) is 12.5. The fraction of sp³-hybridized carbons (Fsp3) is 0.429. The average Bonchev–Trinajstić information content (AvgIpc) is 3.47. The van der Waals surface area contributed by atoms with Gasteiger partial charge in [0, 0.05) is 31.7 Å². The maximum atomic E-state index is 13.3. The number of benzene rings is 2. The molecule has 2 aromatic carbocycles. The minimum absolute atomic E-state index is 0.0996. The number of ketones is 1. The van der Waals surface area contributed by atoms with E-state index in [2.05, 4.69) is 18.7 Å². The first kappa shape index (κ1) is 24.3. The summed E-state index contributed by atoms with van der Waals surface area (Å²) in [5, 5.41) is 11.3. The van der Waals surface area contributed by atoms with E-state index in [1.54, 1.807) is 23.1 Å². The number of nitrogens with zero attached hydrogens (tertiary/aromatic N) is 2. The normalized spacial score (nSPS) is 21.5. The highest BCUT2D eigenvalue weighted by Gasteiger charge is 2.46. The Labute approximate surface area is 211 Å². The number of likely N-dealkylation sites (tertiary alicyclic amines) is 1. The first-order valence-electron chi connectivity index (χ1n) is 12.5. The van der Waals surface area contributed by atoms with Crippen LogP contribution in [0.1, 0.15) is 48.9 Å². The number of Topliss-reactive ketones (excluding diaryl/α,β-unsaturated/α-hetero) is 1. The van der Waals surface area contributed by atoms with Gasteiger partial charge in [-0.1, -0.05) is 38.1 Å². The van der Waals surface area contributed by atoms with E-state index >= 15 is 0 Å². The zero-order valence-corrected chi connectivity index (χ0v) is 20.7. The molecule has 1 N–H and O–H groups in total. The van der Waals surface area contributed by atoms with E-state index in [0.29, 0.717) is 42.7 Å². The Bertz CT molecular complexity index is 1170. The molecular formula is C28H32N2O6. The number of amides is 1. The number of morpholine rings is 1. The monoisotopic (exact) mass is 492 g/mol. The fourth-order valence-electron chi connectivity index (χ4n) is 5.01. The number of carbonyl (C=O) groups is 2. The lowest BCUT2D eigenvalue weighted by atomic mass is 9.93. The molecule has 0 aliphatic carbocycles. The second kappa shape index (κ2) is 10.3. The van der Waals surface area contributed by atoms with Crippen molar-refractivity contribution in [2.45, 2.75) is 32.2 Å². The van der Waals surface area contributed by atoms with Crippen molar-refractivity contribution in [1.29, 1.82) is 0 Å². The molecule has 5 rings (SSSR count). The molecule has 3 heterocycles. The minimum atomic E-state index is -0.672.